The largest absolute Gasteiger partial charge is 0.308 e. The molecule has 1 N–H and O–H groups in total. The summed E-state index contributed by atoms with van der Waals surface area (Å²) in [6, 6.07) is 1.23. The summed E-state index contributed by atoms with van der Waals surface area (Å²) in [6.45, 7) is 8.26. The summed E-state index contributed by atoms with van der Waals surface area (Å²) in [6.07, 6.45) is 6.06. The van der Waals surface area contributed by atoms with E-state index in [4.69, 9.17) is 0 Å². The van der Waals surface area contributed by atoms with Gasteiger partial charge in [-0.15, -0.1) is 6.58 Å². The highest BCUT2D eigenvalue weighted by Gasteiger charge is 2.21. The Hall–Kier alpha value is -0.300. The zero-order valence-corrected chi connectivity index (χ0v) is 7.64. The second kappa shape index (κ2) is 3.91. The van der Waals surface area contributed by atoms with Crippen molar-refractivity contribution >= 4 is 0 Å². The highest BCUT2D eigenvalue weighted by Crippen LogP contribution is 2.24. The molecular weight excluding hydrogens is 134 g/mol. The van der Waals surface area contributed by atoms with E-state index in [2.05, 4.69) is 25.7 Å². The van der Waals surface area contributed by atoms with Crippen molar-refractivity contribution in [3.05, 3.63) is 12.7 Å². The Morgan fingerprint density at radius 3 is 2.73 bits per heavy atom. The van der Waals surface area contributed by atoms with Crippen LogP contribution in [0.4, 0.5) is 0 Å². The molecule has 1 rings (SSSR count). The minimum absolute atomic E-state index is 0.477. The van der Waals surface area contributed by atoms with Gasteiger partial charge in [-0.25, -0.2) is 0 Å². The molecule has 0 aromatic heterocycles. The van der Waals surface area contributed by atoms with Gasteiger partial charge in [0, 0.05) is 12.1 Å². The Bertz CT molecular complexity index is 131. The fraction of sp³-hybridized carbons (Fsp3) is 0.800. The van der Waals surface area contributed by atoms with Crippen molar-refractivity contribution in [2.24, 2.45) is 5.92 Å². The molecule has 3 unspecified atom stereocenters. The highest BCUT2D eigenvalue weighted by atomic mass is 14.9. The van der Waals surface area contributed by atoms with Crippen LogP contribution in [-0.2, 0) is 0 Å². The minimum Gasteiger partial charge on any atom is -0.308 e. The van der Waals surface area contributed by atoms with Gasteiger partial charge in [-0.2, -0.15) is 0 Å². The monoisotopic (exact) mass is 153 g/mol. The minimum atomic E-state index is 0.477. The van der Waals surface area contributed by atoms with Crippen LogP contribution in [0.15, 0.2) is 12.7 Å². The molecule has 0 amide bonds. The van der Waals surface area contributed by atoms with Gasteiger partial charge in [0.2, 0.25) is 0 Å². The van der Waals surface area contributed by atoms with E-state index in [-0.39, 0.29) is 0 Å². The predicted molar refractivity (Wildman–Crippen MR) is 49.6 cm³/mol. The SMILES string of the molecule is C=CC(C)NC1CCC(C)C1. The molecule has 0 saturated heterocycles. The fourth-order valence-electron chi connectivity index (χ4n) is 1.80. The van der Waals surface area contributed by atoms with Gasteiger partial charge in [-0.1, -0.05) is 13.0 Å². The number of hydrogen-bond acceptors (Lipinski definition) is 1. The average molecular weight is 153 g/mol. The molecule has 1 fully saturated rings. The van der Waals surface area contributed by atoms with Gasteiger partial charge in [0.05, 0.1) is 0 Å². The Balaban J connectivity index is 2.22. The van der Waals surface area contributed by atoms with Crippen LogP contribution >= 0.6 is 0 Å². The molecule has 0 radical (unpaired) electrons. The van der Waals surface area contributed by atoms with Crippen LogP contribution in [0.25, 0.3) is 0 Å². The molecule has 0 aromatic rings. The molecule has 0 bridgehead atoms. The van der Waals surface area contributed by atoms with Gasteiger partial charge in [-0.3, -0.25) is 0 Å². The lowest BCUT2D eigenvalue weighted by Crippen LogP contribution is -2.33. The lowest BCUT2D eigenvalue weighted by atomic mass is 10.1. The second-order valence-electron chi connectivity index (χ2n) is 3.81. The van der Waals surface area contributed by atoms with Crippen LogP contribution in [0.5, 0.6) is 0 Å². The van der Waals surface area contributed by atoms with Crippen LogP contribution in [0.2, 0.25) is 0 Å². The van der Waals surface area contributed by atoms with Crippen molar-refractivity contribution in [1.29, 1.82) is 0 Å². The molecule has 11 heavy (non-hydrogen) atoms. The van der Waals surface area contributed by atoms with E-state index in [1.54, 1.807) is 0 Å². The zero-order valence-electron chi connectivity index (χ0n) is 7.64. The van der Waals surface area contributed by atoms with Gasteiger partial charge in [0.25, 0.3) is 0 Å². The number of nitrogens with one attached hydrogen (secondary N) is 1. The molecule has 1 heteroatoms. The number of hydrogen-bond donors (Lipinski definition) is 1. The van der Waals surface area contributed by atoms with Crippen molar-refractivity contribution in [3.63, 3.8) is 0 Å². The maximum atomic E-state index is 3.76. The first-order valence-corrected chi connectivity index (χ1v) is 4.61. The lowest BCUT2D eigenvalue weighted by molar-refractivity contribution is 0.479. The molecule has 1 nitrogen and oxygen atoms in total. The predicted octanol–water partition coefficient (Wildman–Crippen LogP) is 2.34. The molecular formula is C10H19N. The summed E-state index contributed by atoms with van der Waals surface area (Å²) >= 11 is 0. The Kier molecular flexibility index (Phi) is 3.13. The van der Waals surface area contributed by atoms with E-state index in [1.165, 1.54) is 19.3 Å². The van der Waals surface area contributed by atoms with Gasteiger partial charge in [0.15, 0.2) is 0 Å². The van der Waals surface area contributed by atoms with E-state index in [0.29, 0.717) is 6.04 Å². The summed E-state index contributed by atoms with van der Waals surface area (Å²) in [5.41, 5.74) is 0. The molecule has 1 aliphatic carbocycles. The van der Waals surface area contributed by atoms with Gasteiger partial charge < -0.3 is 5.32 Å². The Morgan fingerprint density at radius 2 is 2.27 bits per heavy atom. The normalized spacial score (nSPS) is 33.6. The smallest absolute Gasteiger partial charge is 0.0221 e. The summed E-state index contributed by atoms with van der Waals surface area (Å²) in [5.74, 6) is 0.921. The lowest BCUT2D eigenvalue weighted by Gasteiger charge is -2.15. The standard InChI is InChI=1S/C10H19N/c1-4-9(3)11-10-6-5-8(2)7-10/h4,8-11H,1,5-7H2,2-3H3. The average Bonchev–Trinajstić information content (AvgIpc) is 2.35. The van der Waals surface area contributed by atoms with E-state index in [1.807, 2.05) is 6.08 Å². The van der Waals surface area contributed by atoms with Crippen LogP contribution in [0, 0.1) is 5.92 Å². The molecule has 1 aliphatic rings. The molecule has 0 spiro atoms. The molecule has 64 valence electrons. The second-order valence-corrected chi connectivity index (χ2v) is 3.81. The fourth-order valence-corrected chi connectivity index (χ4v) is 1.80. The van der Waals surface area contributed by atoms with Crippen LogP contribution in [0.3, 0.4) is 0 Å². The van der Waals surface area contributed by atoms with Gasteiger partial charge in [0.1, 0.15) is 0 Å². The molecule has 0 aliphatic heterocycles. The van der Waals surface area contributed by atoms with Crippen LogP contribution in [-0.4, -0.2) is 12.1 Å². The first-order valence-electron chi connectivity index (χ1n) is 4.61. The Morgan fingerprint density at radius 1 is 1.55 bits per heavy atom. The third-order valence-corrected chi connectivity index (χ3v) is 2.55. The maximum Gasteiger partial charge on any atom is 0.0221 e. The quantitative estimate of drug-likeness (QED) is 0.614. The summed E-state index contributed by atoms with van der Waals surface area (Å²) in [7, 11) is 0. The third kappa shape index (κ3) is 2.66. The van der Waals surface area contributed by atoms with Crippen LogP contribution in [0.1, 0.15) is 33.1 Å². The van der Waals surface area contributed by atoms with Crippen molar-refractivity contribution < 1.29 is 0 Å². The third-order valence-electron chi connectivity index (χ3n) is 2.55. The highest BCUT2D eigenvalue weighted by molar-refractivity contribution is 4.87. The van der Waals surface area contributed by atoms with Crippen molar-refractivity contribution in [2.75, 3.05) is 0 Å². The van der Waals surface area contributed by atoms with Gasteiger partial charge >= 0.3 is 0 Å². The van der Waals surface area contributed by atoms with Crippen LogP contribution < -0.4 is 5.32 Å². The van der Waals surface area contributed by atoms with E-state index < -0.39 is 0 Å². The number of rotatable bonds is 3. The molecule has 0 aromatic carbocycles. The first kappa shape index (κ1) is 8.79. The van der Waals surface area contributed by atoms with Gasteiger partial charge in [-0.05, 0) is 32.1 Å². The maximum absolute atomic E-state index is 3.76. The Labute approximate surface area is 69.9 Å². The van der Waals surface area contributed by atoms with Crippen molar-refractivity contribution in [3.8, 4) is 0 Å². The topological polar surface area (TPSA) is 12.0 Å². The molecule has 3 atom stereocenters. The first-order chi connectivity index (χ1) is 5.22. The van der Waals surface area contributed by atoms with E-state index >= 15 is 0 Å². The van der Waals surface area contributed by atoms with E-state index in [0.717, 1.165) is 12.0 Å². The molecule has 1 saturated carbocycles. The summed E-state index contributed by atoms with van der Waals surface area (Å²) in [4.78, 5) is 0. The van der Waals surface area contributed by atoms with Crippen molar-refractivity contribution in [1.82, 2.24) is 5.32 Å². The summed E-state index contributed by atoms with van der Waals surface area (Å²) in [5, 5.41) is 3.54. The summed E-state index contributed by atoms with van der Waals surface area (Å²) < 4.78 is 0. The van der Waals surface area contributed by atoms with E-state index in [9.17, 15) is 0 Å². The molecule has 0 heterocycles. The zero-order chi connectivity index (χ0) is 8.27. The van der Waals surface area contributed by atoms with Crippen molar-refractivity contribution in [2.45, 2.75) is 45.2 Å².